The lowest BCUT2D eigenvalue weighted by Gasteiger charge is -1.90. The van der Waals surface area contributed by atoms with Gasteiger partial charge in [-0.25, -0.2) is 0 Å². The van der Waals surface area contributed by atoms with Crippen molar-refractivity contribution in [2.45, 2.75) is 0 Å². The Kier molecular flexibility index (Phi) is 7.09. The van der Waals surface area contributed by atoms with Gasteiger partial charge in [0.25, 0.3) is 0 Å². The summed E-state index contributed by atoms with van der Waals surface area (Å²) in [6.07, 6.45) is 24.2. The molecule has 0 amide bonds. The molecule has 2 heteroatoms. The standard InChI is InChI=1S/C14H15NO/c1-2-4-6-8-11-15-12-10-14-16-13-9-7-5-3-1/h1-13H,14H2/b3-1-,4-2-,7-5-,8-6-,12-10-,13-9-,15-11-. The number of aliphatic imine (C=N–C) groups is 1. The molecule has 1 heterocycles. The van der Waals surface area contributed by atoms with Gasteiger partial charge in [-0.2, -0.15) is 0 Å². The van der Waals surface area contributed by atoms with Crippen LogP contribution in [0.2, 0.25) is 0 Å². The van der Waals surface area contributed by atoms with Gasteiger partial charge in [-0.15, -0.1) is 0 Å². The van der Waals surface area contributed by atoms with E-state index in [1.807, 2.05) is 60.8 Å². The topological polar surface area (TPSA) is 21.6 Å². The molecule has 1 rings (SSSR count). The summed E-state index contributed by atoms with van der Waals surface area (Å²) in [5, 5.41) is 0. The SMILES string of the molecule is C1=C\C=C/C=C\OC/C=C\N=C/C=C\C=C/1. The van der Waals surface area contributed by atoms with E-state index in [4.69, 9.17) is 4.74 Å². The van der Waals surface area contributed by atoms with Gasteiger partial charge in [0, 0.05) is 12.4 Å². The lowest BCUT2D eigenvalue weighted by atomic mass is 10.4. The number of allylic oxidation sites excluding steroid dienone is 9. The first-order valence-corrected chi connectivity index (χ1v) is 5.12. The van der Waals surface area contributed by atoms with Crippen LogP contribution in [-0.2, 0) is 4.74 Å². The van der Waals surface area contributed by atoms with Gasteiger partial charge in [0.15, 0.2) is 0 Å². The summed E-state index contributed by atoms with van der Waals surface area (Å²) in [6.45, 7) is 0.529. The van der Waals surface area contributed by atoms with E-state index in [1.165, 1.54) is 0 Å². The van der Waals surface area contributed by atoms with Gasteiger partial charge in [0.2, 0.25) is 0 Å². The van der Waals surface area contributed by atoms with Gasteiger partial charge >= 0.3 is 0 Å². The molecule has 1 aliphatic heterocycles. The molecule has 0 aromatic rings. The first-order chi connectivity index (χ1) is 8.00. The predicted octanol–water partition coefficient (Wildman–Crippen LogP) is 3.34. The molecule has 0 unspecified atom stereocenters. The molecule has 0 fully saturated rings. The fourth-order valence-electron chi connectivity index (χ4n) is 0.914. The summed E-state index contributed by atoms with van der Waals surface area (Å²) >= 11 is 0. The van der Waals surface area contributed by atoms with Crippen molar-refractivity contribution in [2.24, 2.45) is 4.99 Å². The van der Waals surface area contributed by atoms with E-state index in [0.717, 1.165) is 0 Å². The number of hydrogen-bond acceptors (Lipinski definition) is 2. The van der Waals surface area contributed by atoms with E-state index in [2.05, 4.69) is 4.99 Å². The summed E-state index contributed by atoms with van der Waals surface area (Å²) in [7, 11) is 0. The molecule has 0 saturated carbocycles. The van der Waals surface area contributed by atoms with Crippen molar-refractivity contribution in [2.75, 3.05) is 6.61 Å². The molecule has 16 heavy (non-hydrogen) atoms. The Morgan fingerprint density at radius 2 is 1.38 bits per heavy atom. The molecule has 0 saturated heterocycles. The second kappa shape index (κ2) is 9.46. The first-order valence-electron chi connectivity index (χ1n) is 5.12. The zero-order chi connectivity index (χ0) is 11.3. The highest BCUT2D eigenvalue weighted by Crippen LogP contribution is 1.86. The lowest BCUT2D eigenvalue weighted by molar-refractivity contribution is 0.289. The average Bonchev–Trinajstić information content (AvgIpc) is 2.29. The quantitative estimate of drug-likeness (QED) is 0.604. The largest absolute Gasteiger partial charge is 0.497 e. The highest BCUT2D eigenvalue weighted by Gasteiger charge is 1.72. The summed E-state index contributed by atoms with van der Waals surface area (Å²) < 4.78 is 5.19. The summed E-state index contributed by atoms with van der Waals surface area (Å²) in [5.41, 5.74) is 0. The van der Waals surface area contributed by atoms with Crippen LogP contribution < -0.4 is 0 Å². The first kappa shape index (κ1) is 12.0. The van der Waals surface area contributed by atoms with Gasteiger partial charge in [0.05, 0.1) is 6.26 Å². The van der Waals surface area contributed by atoms with Crippen molar-refractivity contribution in [1.29, 1.82) is 0 Å². The Labute approximate surface area is 96.3 Å². The van der Waals surface area contributed by atoms with Crippen molar-refractivity contribution in [3.8, 4) is 0 Å². The van der Waals surface area contributed by atoms with Crippen LogP contribution in [0.25, 0.3) is 0 Å². The zero-order valence-electron chi connectivity index (χ0n) is 9.07. The third-order valence-corrected chi connectivity index (χ3v) is 1.62. The van der Waals surface area contributed by atoms with Crippen molar-refractivity contribution in [3.05, 3.63) is 73.2 Å². The van der Waals surface area contributed by atoms with E-state index in [1.54, 1.807) is 18.7 Å². The van der Waals surface area contributed by atoms with Crippen LogP contribution in [0.3, 0.4) is 0 Å². The monoisotopic (exact) mass is 213 g/mol. The highest BCUT2D eigenvalue weighted by atomic mass is 16.5. The van der Waals surface area contributed by atoms with E-state index in [0.29, 0.717) is 6.61 Å². The fraction of sp³-hybridized carbons (Fsp3) is 0.0714. The summed E-state index contributed by atoms with van der Waals surface area (Å²) in [4.78, 5) is 4.04. The number of hydrogen-bond donors (Lipinski definition) is 0. The van der Waals surface area contributed by atoms with Crippen LogP contribution in [-0.4, -0.2) is 12.8 Å². The molecule has 0 atom stereocenters. The lowest BCUT2D eigenvalue weighted by Crippen LogP contribution is -1.79. The van der Waals surface area contributed by atoms with Crippen molar-refractivity contribution < 1.29 is 4.74 Å². The normalized spacial score (nSPS) is 30.5. The second-order valence-corrected chi connectivity index (χ2v) is 2.88. The Balaban J connectivity index is 2.57. The fourth-order valence-corrected chi connectivity index (χ4v) is 0.914. The Hall–Kier alpha value is -2.09. The van der Waals surface area contributed by atoms with Crippen LogP contribution in [0.5, 0.6) is 0 Å². The third kappa shape index (κ3) is 7.33. The Morgan fingerprint density at radius 3 is 2.12 bits per heavy atom. The van der Waals surface area contributed by atoms with Gasteiger partial charge < -0.3 is 4.74 Å². The van der Waals surface area contributed by atoms with Crippen LogP contribution in [0.1, 0.15) is 0 Å². The minimum atomic E-state index is 0.529. The smallest absolute Gasteiger partial charge is 0.107 e. The zero-order valence-corrected chi connectivity index (χ0v) is 9.07. The highest BCUT2D eigenvalue weighted by molar-refractivity contribution is 5.72. The molecule has 2 nitrogen and oxygen atoms in total. The number of rotatable bonds is 0. The molecule has 0 aliphatic carbocycles. The van der Waals surface area contributed by atoms with E-state index in [-0.39, 0.29) is 0 Å². The minimum Gasteiger partial charge on any atom is -0.497 e. The maximum atomic E-state index is 5.19. The average molecular weight is 213 g/mol. The molecule has 1 aliphatic rings. The third-order valence-electron chi connectivity index (χ3n) is 1.62. The molecule has 0 spiro atoms. The van der Waals surface area contributed by atoms with Gasteiger partial charge in [-0.1, -0.05) is 42.5 Å². The molecule has 0 N–H and O–H groups in total. The Morgan fingerprint density at radius 1 is 0.750 bits per heavy atom. The van der Waals surface area contributed by atoms with E-state index in [9.17, 15) is 0 Å². The van der Waals surface area contributed by atoms with Crippen molar-refractivity contribution in [3.63, 3.8) is 0 Å². The maximum Gasteiger partial charge on any atom is 0.107 e. The molecular weight excluding hydrogens is 198 g/mol. The van der Waals surface area contributed by atoms with Gasteiger partial charge in [-0.05, 0) is 18.2 Å². The van der Waals surface area contributed by atoms with Gasteiger partial charge in [0.1, 0.15) is 6.61 Å². The molecule has 82 valence electrons. The molecule has 0 aromatic heterocycles. The summed E-state index contributed by atoms with van der Waals surface area (Å²) in [5.74, 6) is 0. The van der Waals surface area contributed by atoms with Crippen LogP contribution in [0.15, 0.2) is 78.2 Å². The molecule has 0 radical (unpaired) electrons. The van der Waals surface area contributed by atoms with Crippen LogP contribution in [0, 0.1) is 0 Å². The predicted molar refractivity (Wildman–Crippen MR) is 69.3 cm³/mol. The number of ether oxygens (including phenoxy) is 1. The van der Waals surface area contributed by atoms with E-state index >= 15 is 0 Å². The second-order valence-electron chi connectivity index (χ2n) is 2.88. The van der Waals surface area contributed by atoms with Crippen molar-refractivity contribution >= 4 is 6.21 Å². The van der Waals surface area contributed by atoms with Crippen molar-refractivity contribution in [1.82, 2.24) is 0 Å². The number of nitrogens with zero attached hydrogens (tertiary/aromatic N) is 1. The van der Waals surface area contributed by atoms with Crippen LogP contribution in [0.4, 0.5) is 0 Å². The summed E-state index contributed by atoms with van der Waals surface area (Å²) in [6, 6.07) is 0. The molecular formula is C14H15NO. The van der Waals surface area contributed by atoms with E-state index < -0.39 is 0 Å². The van der Waals surface area contributed by atoms with Gasteiger partial charge in [-0.3, -0.25) is 4.99 Å². The Bertz CT molecular complexity index is 332. The van der Waals surface area contributed by atoms with Crippen LogP contribution >= 0.6 is 0 Å². The minimum absolute atomic E-state index is 0.529. The molecule has 0 bridgehead atoms. The maximum absolute atomic E-state index is 5.19. The molecule has 0 aromatic carbocycles.